The zero-order chi connectivity index (χ0) is 22.4. The monoisotopic (exact) mass is 430 g/mol. The van der Waals surface area contributed by atoms with Crippen LogP contribution in [0.3, 0.4) is 0 Å². The number of hydrogen-bond acceptors (Lipinski definition) is 6. The Balaban J connectivity index is 1.73. The van der Waals surface area contributed by atoms with Crippen molar-refractivity contribution in [3.63, 3.8) is 0 Å². The lowest BCUT2D eigenvalue weighted by Gasteiger charge is -2.28. The summed E-state index contributed by atoms with van der Waals surface area (Å²) in [5.74, 6) is -0.481. The fourth-order valence-corrected chi connectivity index (χ4v) is 3.76. The first-order valence-corrected chi connectivity index (χ1v) is 11.1. The SMILES string of the molecule is CC(C)C[C@H](NC(=O)[C@H](Cc1ccccc1)NC(=O)C1CNCCN1)C(=O)[C@@]1(C)CO1. The molecular weight excluding hydrogens is 396 g/mol. The number of rotatable bonds is 10. The van der Waals surface area contributed by atoms with Crippen LogP contribution in [0.2, 0.25) is 0 Å². The van der Waals surface area contributed by atoms with Gasteiger partial charge in [-0.15, -0.1) is 0 Å². The van der Waals surface area contributed by atoms with Crippen LogP contribution < -0.4 is 21.3 Å². The molecule has 0 radical (unpaired) electrons. The zero-order valence-corrected chi connectivity index (χ0v) is 18.6. The normalized spacial score (nSPS) is 24.8. The molecule has 2 fully saturated rings. The summed E-state index contributed by atoms with van der Waals surface area (Å²) in [6, 6.07) is 7.71. The standard InChI is InChI=1S/C23H34N4O4/c1-15(2)11-17(20(28)23(3)14-31-23)26-21(29)18(12-16-7-5-4-6-8-16)27-22(30)19-13-24-9-10-25-19/h4-8,15,17-19,24-25H,9-14H2,1-3H3,(H,26,29)(H,27,30)/t17-,18-,19?,23+/m0/s1. The maximum atomic E-state index is 13.3. The van der Waals surface area contributed by atoms with Crippen molar-refractivity contribution in [2.75, 3.05) is 26.2 Å². The number of Topliss-reactive ketones (excluding diaryl/α,β-unsaturated/α-hetero) is 1. The number of carbonyl (C=O) groups is 3. The molecule has 0 aromatic heterocycles. The first kappa shape index (κ1) is 23.4. The van der Waals surface area contributed by atoms with E-state index in [1.54, 1.807) is 6.92 Å². The van der Waals surface area contributed by atoms with Crippen LogP contribution in [0.5, 0.6) is 0 Å². The lowest BCUT2D eigenvalue weighted by Crippen LogP contribution is -2.60. The molecule has 1 unspecified atom stereocenters. The molecule has 1 aromatic rings. The third-order valence-electron chi connectivity index (χ3n) is 5.71. The van der Waals surface area contributed by atoms with Gasteiger partial charge in [-0.2, -0.15) is 0 Å². The van der Waals surface area contributed by atoms with Crippen molar-refractivity contribution in [1.29, 1.82) is 0 Å². The fourth-order valence-electron chi connectivity index (χ4n) is 3.76. The minimum atomic E-state index is -0.817. The number of epoxide rings is 1. The van der Waals surface area contributed by atoms with Crippen LogP contribution in [-0.2, 0) is 25.5 Å². The quantitative estimate of drug-likeness (QED) is 0.394. The van der Waals surface area contributed by atoms with Gasteiger partial charge in [-0.05, 0) is 24.8 Å². The molecule has 4 atom stereocenters. The van der Waals surface area contributed by atoms with E-state index in [1.165, 1.54) is 0 Å². The number of benzene rings is 1. The summed E-state index contributed by atoms with van der Waals surface area (Å²) in [6.07, 6.45) is 0.860. The Morgan fingerprint density at radius 2 is 1.84 bits per heavy atom. The average molecular weight is 431 g/mol. The van der Waals surface area contributed by atoms with Crippen molar-refractivity contribution in [1.82, 2.24) is 21.3 Å². The van der Waals surface area contributed by atoms with E-state index in [0.29, 0.717) is 32.5 Å². The molecule has 8 nitrogen and oxygen atoms in total. The summed E-state index contributed by atoms with van der Waals surface area (Å²) in [7, 11) is 0. The Morgan fingerprint density at radius 3 is 2.42 bits per heavy atom. The van der Waals surface area contributed by atoms with Crippen molar-refractivity contribution in [3.05, 3.63) is 35.9 Å². The third-order valence-corrected chi connectivity index (χ3v) is 5.71. The number of amides is 2. The van der Waals surface area contributed by atoms with Crippen LogP contribution >= 0.6 is 0 Å². The Kier molecular flexibility index (Phi) is 7.80. The fraction of sp³-hybridized carbons (Fsp3) is 0.609. The molecule has 170 valence electrons. The topological polar surface area (TPSA) is 112 Å². The van der Waals surface area contributed by atoms with Crippen LogP contribution in [-0.4, -0.2) is 67.6 Å². The summed E-state index contributed by atoms with van der Waals surface area (Å²) in [5.41, 5.74) is 0.116. The van der Waals surface area contributed by atoms with Gasteiger partial charge in [0.05, 0.1) is 18.7 Å². The van der Waals surface area contributed by atoms with E-state index in [4.69, 9.17) is 4.74 Å². The highest BCUT2D eigenvalue weighted by atomic mass is 16.6. The molecule has 31 heavy (non-hydrogen) atoms. The Hall–Kier alpha value is -2.29. The number of ether oxygens (including phenoxy) is 1. The van der Waals surface area contributed by atoms with Gasteiger partial charge in [0.2, 0.25) is 11.8 Å². The van der Waals surface area contributed by atoms with E-state index in [2.05, 4.69) is 21.3 Å². The second-order valence-electron chi connectivity index (χ2n) is 9.04. The summed E-state index contributed by atoms with van der Waals surface area (Å²) in [5, 5.41) is 12.1. The molecule has 1 aromatic carbocycles. The number of piperazine rings is 1. The molecule has 0 aliphatic carbocycles. The zero-order valence-electron chi connectivity index (χ0n) is 18.6. The summed E-state index contributed by atoms with van der Waals surface area (Å²) in [6.45, 7) is 8.14. The molecule has 0 saturated carbocycles. The van der Waals surface area contributed by atoms with Gasteiger partial charge in [-0.3, -0.25) is 14.4 Å². The van der Waals surface area contributed by atoms with Crippen LogP contribution in [0.4, 0.5) is 0 Å². The molecule has 2 aliphatic heterocycles. The number of ketones is 1. The molecule has 3 rings (SSSR count). The second-order valence-corrected chi connectivity index (χ2v) is 9.04. The number of carbonyl (C=O) groups excluding carboxylic acids is 3. The van der Waals surface area contributed by atoms with Crippen molar-refractivity contribution in [3.8, 4) is 0 Å². The van der Waals surface area contributed by atoms with E-state index in [9.17, 15) is 14.4 Å². The molecule has 0 spiro atoms. The third kappa shape index (κ3) is 6.59. The van der Waals surface area contributed by atoms with E-state index in [1.807, 2.05) is 44.2 Å². The van der Waals surface area contributed by atoms with Crippen molar-refractivity contribution >= 4 is 17.6 Å². The molecule has 4 N–H and O–H groups in total. The van der Waals surface area contributed by atoms with Gasteiger partial charge in [0.25, 0.3) is 0 Å². The van der Waals surface area contributed by atoms with Gasteiger partial charge in [0.15, 0.2) is 5.78 Å². The molecule has 2 saturated heterocycles. The highest BCUT2D eigenvalue weighted by Gasteiger charge is 2.50. The summed E-state index contributed by atoms with van der Waals surface area (Å²) in [4.78, 5) is 38.9. The highest BCUT2D eigenvalue weighted by Crippen LogP contribution is 2.29. The van der Waals surface area contributed by atoms with Gasteiger partial charge in [0.1, 0.15) is 11.6 Å². The van der Waals surface area contributed by atoms with Gasteiger partial charge < -0.3 is 26.0 Å². The van der Waals surface area contributed by atoms with Gasteiger partial charge in [-0.25, -0.2) is 0 Å². The van der Waals surface area contributed by atoms with Crippen LogP contribution in [0, 0.1) is 5.92 Å². The number of nitrogens with one attached hydrogen (secondary N) is 4. The lowest BCUT2D eigenvalue weighted by molar-refractivity contribution is -0.133. The van der Waals surface area contributed by atoms with E-state index < -0.39 is 23.7 Å². The lowest BCUT2D eigenvalue weighted by atomic mass is 9.93. The molecule has 2 aliphatic rings. The predicted molar refractivity (Wildman–Crippen MR) is 117 cm³/mol. The van der Waals surface area contributed by atoms with E-state index in [-0.39, 0.29) is 23.5 Å². The van der Waals surface area contributed by atoms with Gasteiger partial charge in [0, 0.05) is 26.1 Å². The van der Waals surface area contributed by atoms with Crippen LogP contribution in [0.15, 0.2) is 30.3 Å². The molecule has 8 heteroatoms. The van der Waals surface area contributed by atoms with Crippen molar-refractivity contribution in [2.24, 2.45) is 5.92 Å². The van der Waals surface area contributed by atoms with Gasteiger partial charge in [-0.1, -0.05) is 44.2 Å². The number of hydrogen-bond donors (Lipinski definition) is 4. The Morgan fingerprint density at radius 1 is 1.13 bits per heavy atom. The largest absolute Gasteiger partial charge is 0.361 e. The Labute approximate surface area is 183 Å². The highest BCUT2D eigenvalue weighted by molar-refractivity contribution is 5.98. The minimum Gasteiger partial charge on any atom is -0.361 e. The Bertz CT molecular complexity index is 773. The molecule has 2 heterocycles. The molecule has 2 amide bonds. The van der Waals surface area contributed by atoms with Gasteiger partial charge >= 0.3 is 0 Å². The van der Waals surface area contributed by atoms with E-state index >= 15 is 0 Å². The maximum Gasteiger partial charge on any atom is 0.243 e. The van der Waals surface area contributed by atoms with Crippen LogP contribution in [0.1, 0.15) is 32.8 Å². The van der Waals surface area contributed by atoms with E-state index in [0.717, 1.165) is 12.1 Å². The molecule has 0 bridgehead atoms. The first-order valence-electron chi connectivity index (χ1n) is 11.1. The van der Waals surface area contributed by atoms with Crippen molar-refractivity contribution in [2.45, 2.75) is 57.3 Å². The van der Waals surface area contributed by atoms with Crippen LogP contribution in [0.25, 0.3) is 0 Å². The smallest absolute Gasteiger partial charge is 0.243 e. The summed E-state index contributed by atoms with van der Waals surface area (Å²) < 4.78 is 5.32. The summed E-state index contributed by atoms with van der Waals surface area (Å²) >= 11 is 0. The molecular formula is C23H34N4O4. The average Bonchev–Trinajstić information content (AvgIpc) is 3.51. The van der Waals surface area contributed by atoms with Crippen molar-refractivity contribution < 1.29 is 19.1 Å². The second kappa shape index (κ2) is 10.3. The minimum absolute atomic E-state index is 0.113. The predicted octanol–water partition coefficient (Wildman–Crippen LogP) is 0.164. The maximum absolute atomic E-state index is 13.3. The first-order chi connectivity index (χ1) is 14.8.